The zero-order valence-electron chi connectivity index (χ0n) is 7.78. The number of thiophene rings is 1. The number of esters is 1. The van der Waals surface area contributed by atoms with Gasteiger partial charge >= 0.3 is 5.97 Å². The normalized spacial score (nSPS) is 10.5. The van der Waals surface area contributed by atoms with Gasteiger partial charge in [-0.05, 0) is 18.2 Å². The van der Waals surface area contributed by atoms with Gasteiger partial charge in [0.2, 0.25) is 0 Å². The summed E-state index contributed by atoms with van der Waals surface area (Å²) in [5.74, 6) is -0.515. The molecule has 0 aliphatic rings. The SMILES string of the molecule is COC(=O)c1sc2cc(Br)ccc2c1O. The van der Waals surface area contributed by atoms with Crippen molar-refractivity contribution in [2.45, 2.75) is 0 Å². The quantitative estimate of drug-likeness (QED) is 0.819. The van der Waals surface area contributed by atoms with Crippen molar-refractivity contribution in [1.29, 1.82) is 0 Å². The topological polar surface area (TPSA) is 46.5 Å². The molecule has 0 saturated heterocycles. The number of hydrogen-bond acceptors (Lipinski definition) is 4. The molecule has 0 unspecified atom stereocenters. The molecule has 2 aromatic rings. The predicted octanol–water partition coefficient (Wildman–Crippen LogP) is 3.16. The third-order valence-electron chi connectivity index (χ3n) is 2.00. The molecule has 0 aliphatic carbocycles. The first kappa shape index (κ1) is 10.4. The second-order valence-electron chi connectivity index (χ2n) is 2.91. The van der Waals surface area contributed by atoms with E-state index in [1.807, 2.05) is 12.1 Å². The smallest absolute Gasteiger partial charge is 0.351 e. The summed E-state index contributed by atoms with van der Waals surface area (Å²) in [4.78, 5) is 11.5. The molecule has 15 heavy (non-hydrogen) atoms. The van der Waals surface area contributed by atoms with Gasteiger partial charge in [-0.25, -0.2) is 4.79 Å². The Morgan fingerprint density at radius 2 is 2.27 bits per heavy atom. The summed E-state index contributed by atoms with van der Waals surface area (Å²) >= 11 is 4.55. The summed E-state index contributed by atoms with van der Waals surface area (Å²) in [6, 6.07) is 5.43. The van der Waals surface area contributed by atoms with Crippen LogP contribution in [0.2, 0.25) is 0 Å². The average molecular weight is 287 g/mol. The minimum Gasteiger partial charge on any atom is -0.505 e. The Labute approximate surface area is 98.4 Å². The van der Waals surface area contributed by atoms with E-state index in [-0.39, 0.29) is 10.6 Å². The number of aromatic hydroxyl groups is 1. The maximum absolute atomic E-state index is 11.3. The Kier molecular flexibility index (Phi) is 2.67. The molecule has 1 N–H and O–H groups in total. The molecule has 0 radical (unpaired) electrons. The van der Waals surface area contributed by atoms with Crippen molar-refractivity contribution in [2.24, 2.45) is 0 Å². The van der Waals surface area contributed by atoms with Gasteiger partial charge in [0.25, 0.3) is 0 Å². The van der Waals surface area contributed by atoms with Crippen LogP contribution in [-0.4, -0.2) is 18.2 Å². The molecule has 0 amide bonds. The van der Waals surface area contributed by atoms with E-state index in [9.17, 15) is 9.90 Å². The Bertz CT molecular complexity index is 533. The molecule has 1 aromatic carbocycles. The van der Waals surface area contributed by atoms with E-state index in [0.717, 1.165) is 9.17 Å². The van der Waals surface area contributed by atoms with Gasteiger partial charge in [-0.15, -0.1) is 11.3 Å². The Balaban J connectivity index is 2.69. The molecular weight excluding hydrogens is 280 g/mol. The molecule has 3 nitrogen and oxygen atoms in total. The molecule has 0 saturated carbocycles. The molecule has 5 heteroatoms. The van der Waals surface area contributed by atoms with Crippen LogP contribution < -0.4 is 0 Å². The lowest BCUT2D eigenvalue weighted by atomic mass is 10.2. The van der Waals surface area contributed by atoms with E-state index in [4.69, 9.17) is 0 Å². The summed E-state index contributed by atoms with van der Waals surface area (Å²) in [6.07, 6.45) is 0. The van der Waals surface area contributed by atoms with Gasteiger partial charge in [0.05, 0.1) is 7.11 Å². The van der Waals surface area contributed by atoms with Crippen molar-refractivity contribution < 1.29 is 14.6 Å². The third-order valence-corrected chi connectivity index (χ3v) is 3.61. The van der Waals surface area contributed by atoms with Gasteiger partial charge in [0.15, 0.2) is 4.88 Å². The maximum Gasteiger partial charge on any atom is 0.351 e. The van der Waals surface area contributed by atoms with E-state index in [1.54, 1.807) is 6.07 Å². The van der Waals surface area contributed by atoms with Crippen molar-refractivity contribution in [1.82, 2.24) is 0 Å². The van der Waals surface area contributed by atoms with Crippen LogP contribution in [0.3, 0.4) is 0 Å². The van der Waals surface area contributed by atoms with Gasteiger partial charge in [0, 0.05) is 14.6 Å². The summed E-state index contributed by atoms with van der Waals surface area (Å²) < 4.78 is 6.34. The number of rotatable bonds is 1. The first-order chi connectivity index (χ1) is 7.13. The third kappa shape index (κ3) is 1.72. The van der Waals surface area contributed by atoms with Gasteiger partial charge in [-0.2, -0.15) is 0 Å². The van der Waals surface area contributed by atoms with Crippen molar-refractivity contribution in [3.05, 3.63) is 27.5 Å². The van der Waals surface area contributed by atoms with Crippen LogP contribution in [0.5, 0.6) is 5.75 Å². The van der Waals surface area contributed by atoms with Gasteiger partial charge in [-0.1, -0.05) is 15.9 Å². The molecule has 1 heterocycles. The molecule has 0 aliphatic heterocycles. The first-order valence-electron chi connectivity index (χ1n) is 4.13. The number of fused-ring (bicyclic) bond motifs is 1. The molecular formula is C10H7BrO3S. The maximum atomic E-state index is 11.3. The van der Waals surface area contributed by atoms with Gasteiger partial charge < -0.3 is 9.84 Å². The number of carbonyl (C=O) groups excluding carboxylic acids is 1. The number of ether oxygens (including phenoxy) is 1. The summed E-state index contributed by atoms with van der Waals surface area (Å²) in [5, 5.41) is 10.4. The number of hydrogen-bond donors (Lipinski definition) is 1. The minimum absolute atomic E-state index is 0.00523. The second kappa shape index (κ2) is 3.83. The molecule has 0 bridgehead atoms. The lowest BCUT2D eigenvalue weighted by molar-refractivity contribution is 0.0603. The standard InChI is InChI=1S/C10H7BrO3S/c1-14-10(13)9-8(12)6-3-2-5(11)4-7(6)15-9/h2-4,12H,1H3. The lowest BCUT2D eigenvalue weighted by Gasteiger charge is -1.94. The van der Waals surface area contributed by atoms with Crippen molar-refractivity contribution >= 4 is 43.3 Å². The van der Waals surface area contributed by atoms with E-state index in [0.29, 0.717) is 5.39 Å². The highest BCUT2D eigenvalue weighted by atomic mass is 79.9. The van der Waals surface area contributed by atoms with E-state index in [2.05, 4.69) is 20.7 Å². The van der Waals surface area contributed by atoms with Crippen LogP contribution in [0.15, 0.2) is 22.7 Å². The highest BCUT2D eigenvalue weighted by Gasteiger charge is 2.18. The monoisotopic (exact) mass is 286 g/mol. The van der Waals surface area contributed by atoms with Crippen LogP contribution in [0.4, 0.5) is 0 Å². The van der Waals surface area contributed by atoms with Crippen LogP contribution in [0, 0.1) is 0 Å². The predicted molar refractivity (Wildman–Crippen MR) is 62.5 cm³/mol. The van der Waals surface area contributed by atoms with Crippen LogP contribution >= 0.6 is 27.3 Å². The van der Waals surface area contributed by atoms with Gasteiger partial charge in [0.1, 0.15) is 5.75 Å². The fraction of sp³-hybridized carbons (Fsp3) is 0.100. The number of benzene rings is 1. The Morgan fingerprint density at radius 1 is 1.53 bits per heavy atom. The number of methoxy groups -OCH3 is 1. The molecule has 0 spiro atoms. The van der Waals surface area contributed by atoms with Crippen molar-refractivity contribution in [2.75, 3.05) is 7.11 Å². The fourth-order valence-corrected chi connectivity index (χ4v) is 2.85. The zero-order valence-corrected chi connectivity index (χ0v) is 10.2. The highest BCUT2D eigenvalue weighted by Crippen LogP contribution is 2.38. The van der Waals surface area contributed by atoms with Crippen molar-refractivity contribution in [3.8, 4) is 5.75 Å². The summed E-state index contributed by atoms with van der Waals surface area (Å²) in [7, 11) is 1.29. The molecule has 2 rings (SSSR count). The molecule has 0 atom stereocenters. The molecule has 0 fully saturated rings. The highest BCUT2D eigenvalue weighted by molar-refractivity contribution is 9.10. The van der Waals surface area contributed by atoms with E-state index < -0.39 is 5.97 Å². The fourth-order valence-electron chi connectivity index (χ4n) is 1.29. The van der Waals surface area contributed by atoms with E-state index in [1.165, 1.54) is 18.4 Å². The summed E-state index contributed by atoms with van der Waals surface area (Å²) in [5.41, 5.74) is 0. The zero-order chi connectivity index (χ0) is 11.0. The number of carbonyl (C=O) groups is 1. The van der Waals surface area contributed by atoms with Crippen LogP contribution in [0.25, 0.3) is 10.1 Å². The average Bonchev–Trinajstić information content (AvgIpc) is 2.54. The minimum atomic E-state index is -0.509. The van der Waals surface area contributed by atoms with Crippen LogP contribution in [-0.2, 0) is 4.74 Å². The largest absolute Gasteiger partial charge is 0.505 e. The second-order valence-corrected chi connectivity index (χ2v) is 4.88. The number of halogens is 1. The first-order valence-corrected chi connectivity index (χ1v) is 5.73. The van der Waals surface area contributed by atoms with E-state index >= 15 is 0 Å². The van der Waals surface area contributed by atoms with Gasteiger partial charge in [-0.3, -0.25) is 0 Å². The Hall–Kier alpha value is -1.07. The van der Waals surface area contributed by atoms with Crippen molar-refractivity contribution in [3.63, 3.8) is 0 Å². The molecule has 1 aromatic heterocycles. The Morgan fingerprint density at radius 3 is 2.93 bits per heavy atom. The molecule has 78 valence electrons. The van der Waals surface area contributed by atoms with Crippen LogP contribution in [0.1, 0.15) is 9.67 Å². The summed E-state index contributed by atoms with van der Waals surface area (Å²) in [6.45, 7) is 0. The lowest BCUT2D eigenvalue weighted by Crippen LogP contribution is -1.97.